The zero-order valence-electron chi connectivity index (χ0n) is 12.3. The standard InChI is InChI=1S/C17H11FN4O2/c18-12-4-5-14-11(6-12)8-15(21-14)16(23)20-13-3-1-2-10(7-13)17-22-19-9-24-17/h1-9,21H,(H,20,23). The number of rotatable bonds is 3. The summed E-state index contributed by atoms with van der Waals surface area (Å²) in [4.78, 5) is 15.3. The average molecular weight is 322 g/mol. The van der Waals surface area contributed by atoms with Crippen LogP contribution in [-0.2, 0) is 0 Å². The first-order valence-corrected chi connectivity index (χ1v) is 7.15. The SMILES string of the molecule is O=C(Nc1cccc(-c2nnco2)c1)c1cc2cc(F)ccc2[nH]1. The lowest BCUT2D eigenvalue weighted by atomic mass is 10.2. The quantitative estimate of drug-likeness (QED) is 0.603. The second-order valence-corrected chi connectivity index (χ2v) is 5.19. The largest absolute Gasteiger partial charge is 0.423 e. The normalized spacial score (nSPS) is 10.9. The third kappa shape index (κ3) is 2.63. The molecule has 0 aliphatic rings. The van der Waals surface area contributed by atoms with E-state index in [1.165, 1.54) is 18.5 Å². The fourth-order valence-electron chi connectivity index (χ4n) is 2.45. The van der Waals surface area contributed by atoms with Crippen molar-refractivity contribution in [1.29, 1.82) is 0 Å². The number of nitrogens with zero attached hydrogens (tertiary/aromatic N) is 2. The molecule has 24 heavy (non-hydrogen) atoms. The number of H-pyrrole nitrogens is 1. The van der Waals surface area contributed by atoms with Gasteiger partial charge in [-0.25, -0.2) is 4.39 Å². The van der Waals surface area contributed by atoms with Crippen molar-refractivity contribution in [3.05, 3.63) is 66.4 Å². The second kappa shape index (κ2) is 5.62. The van der Waals surface area contributed by atoms with E-state index in [1.807, 2.05) is 0 Å². The number of aromatic amines is 1. The predicted octanol–water partition coefficient (Wildman–Crippen LogP) is 3.61. The molecule has 4 rings (SSSR count). The van der Waals surface area contributed by atoms with Crippen molar-refractivity contribution < 1.29 is 13.6 Å². The van der Waals surface area contributed by atoms with Crippen molar-refractivity contribution in [3.8, 4) is 11.5 Å². The summed E-state index contributed by atoms with van der Waals surface area (Å²) in [7, 11) is 0. The number of fused-ring (bicyclic) bond motifs is 1. The third-order valence-electron chi connectivity index (χ3n) is 3.55. The lowest BCUT2D eigenvalue weighted by Crippen LogP contribution is -2.12. The van der Waals surface area contributed by atoms with E-state index in [-0.39, 0.29) is 11.7 Å². The van der Waals surface area contributed by atoms with Crippen molar-refractivity contribution in [2.24, 2.45) is 0 Å². The molecule has 0 saturated heterocycles. The summed E-state index contributed by atoms with van der Waals surface area (Å²) in [6.45, 7) is 0. The van der Waals surface area contributed by atoms with Crippen LogP contribution in [-0.4, -0.2) is 21.1 Å². The summed E-state index contributed by atoms with van der Waals surface area (Å²) < 4.78 is 18.4. The Balaban J connectivity index is 1.60. The first kappa shape index (κ1) is 14.1. The number of halogens is 1. The lowest BCUT2D eigenvalue weighted by molar-refractivity contribution is 0.102. The van der Waals surface area contributed by atoms with Crippen LogP contribution in [0.25, 0.3) is 22.4 Å². The molecule has 0 saturated carbocycles. The molecule has 0 aliphatic heterocycles. The number of benzene rings is 2. The molecule has 2 aromatic heterocycles. The molecule has 0 bridgehead atoms. The summed E-state index contributed by atoms with van der Waals surface area (Å²) in [6, 6.07) is 13.0. The van der Waals surface area contributed by atoms with E-state index in [0.29, 0.717) is 33.7 Å². The van der Waals surface area contributed by atoms with Crippen molar-refractivity contribution >= 4 is 22.5 Å². The van der Waals surface area contributed by atoms with Gasteiger partial charge in [0, 0.05) is 22.2 Å². The van der Waals surface area contributed by atoms with Crippen LogP contribution < -0.4 is 5.32 Å². The molecule has 0 spiro atoms. The minimum atomic E-state index is -0.347. The molecule has 0 radical (unpaired) electrons. The van der Waals surface area contributed by atoms with E-state index >= 15 is 0 Å². The Kier molecular flexibility index (Phi) is 3.31. The minimum absolute atomic E-state index is 0.325. The fourth-order valence-corrected chi connectivity index (χ4v) is 2.45. The number of amides is 1. The zero-order chi connectivity index (χ0) is 16.5. The molecule has 4 aromatic rings. The number of hydrogen-bond acceptors (Lipinski definition) is 4. The molecular formula is C17H11FN4O2. The van der Waals surface area contributed by atoms with Gasteiger partial charge in [0.15, 0.2) is 0 Å². The van der Waals surface area contributed by atoms with E-state index in [2.05, 4.69) is 20.5 Å². The van der Waals surface area contributed by atoms with Crippen LogP contribution in [0.1, 0.15) is 10.5 Å². The Morgan fingerprint density at radius 2 is 2.08 bits per heavy atom. The van der Waals surface area contributed by atoms with Crippen LogP contribution >= 0.6 is 0 Å². The highest BCUT2D eigenvalue weighted by Crippen LogP contribution is 2.22. The van der Waals surface area contributed by atoms with Crippen LogP contribution in [0.15, 0.2) is 59.3 Å². The summed E-state index contributed by atoms with van der Waals surface area (Å²) >= 11 is 0. The van der Waals surface area contributed by atoms with Gasteiger partial charge in [0.05, 0.1) is 0 Å². The van der Waals surface area contributed by atoms with Gasteiger partial charge in [0.1, 0.15) is 11.5 Å². The maximum absolute atomic E-state index is 13.2. The smallest absolute Gasteiger partial charge is 0.272 e. The van der Waals surface area contributed by atoms with Gasteiger partial charge in [-0.1, -0.05) is 6.07 Å². The van der Waals surface area contributed by atoms with Gasteiger partial charge in [-0.15, -0.1) is 10.2 Å². The van der Waals surface area contributed by atoms with Crippen molar-refractivity contribution in [2.45, 2.75) is 0 Å². The van der Waals surface area contributed by atoms with E-state index in [4.69, 9.17) is 4.42 Å². The van der Waals surface area contributed by atoms with Crippen molar-refractivity contribution in [3.63, 3.8) is 0 Å². The molecule has 0 aliphatic carbocycles. The molecule has 0 fully saturated rings. The van der Waals surface area contributed by atoms with Gasteiger partial charge >= 0.3 is 0 Å². The van der Waals surface area contributed by atoms with Crippen LogP contribution in [0.3, 0.4) is 0 Å². The van der Waals surface area contributed by atoms with E-state index in [1.54, 1.807) is 36.4 Å². The lowest BCUT2D eigenvalue weighted by Gasteiger charge is -2.04. The Bertz CT molecular complexity index is 1020. The number of carbonyl (C=O) groups excluding carboxylic acids is 1. The maximum atomic E-state index is 13.2. The Morgan fingerprint density at radius 1 is 1.17 bits per heavy atom. The van der Waals surface area contributed by atoms with Crippen molar-refractivity contribution in [1.82, 2.24) is 15.2 Å². The minimum Gasteiger partial charge on any atom is -0.423 e. The Labute approximate surface area is 135 Å². The molecule has 6 nitrogen and oxygen atoms in total. The predicted molar refractivity (Wildman–Crippen MR) is 85.9 cm³/mol. The molecule has 2 N–H and O–H groups in total. The Hall–Kier alpha value is -3.48. The number of carbonyl (C=O) groups is 1. The topological polar surface area (TPSA) is 83.8 Å². The summed E-state index contributed by atoms with van der Waals surface area (Å²) in [5, 5.41) is 10.9. The summed E-state index contributed by atoms with van der Waals surface area (Å²) in [5.41, 5.74) is 2.32. The molecule has 7 heteroatoms. The highest BCUT2D eigenvalue weighted by molar-refractivity contribution is 6.06. The van der Waals surface area contributed by atoms with Crippen LogP contribution in [0, 0.1) is 5.82 Å². The van der Waals surface area contributed by atoms with Crippen molar-refractivity contribution in [2.75, 3.05) is 5.32 Å². The second-order valence-electron chi connectivity index (χ2n) is 5.19. The van der Waals surface area contributed by atoms with Crippen LogP contribution in [0.2, 0.25) is 0 Å². The van der Waals surface area contributed by atoms with Gasteiger partial charge < -0.3 is 14.7 Å². The van der Waals surface area contributed by atoms with E-state index in [9.17, 15) is 9.18 Å². The molecule has 2 heterocycles. The Morgan fingerprint density at radius 3 is 2.92 bits per heavy atom. The first-order valence-electron chi connectivity index (χ1n) is 7.15. The van der Waals surface area contributed by atoms with Gasteiger partial charge in [-0.3, -0.25) is 4.79 Å². The van der Waals surface area contributed by atoms with Crippen LogP contribution in [0.4, 0.5) is 10.1 Å². The fraction of sp³-hybridized carbons (Fsp3) is 0. The van der Waals surface area contributed by atoms with Gasteiger partial charge in [-0.2, -0.15) is 0 Å². The van der Waals surface area contributed by atoms with E-state index in [0.717, 1.165) is 0 Å². The van der Waals surface area contributed by atoms with Gasteiger partial charge in [0.2, 0.25) is 12.3 Å². The molecule has 2 aromatic carbocycles. The maximum Gasteiger partial charge on any atom is 0.272 e. The molecular weight excluding hydrogens is 311 g/mol. The first-order chi connectivity index (χ1) is 11.7. The number of aromatic nitrogens is 3. The summed E-state index contributed by atoms with van der Waals surface area (Å²) in [6.07, 6.45) is 1.24. The number of anilines is 1. The van der Waals surface area contributed by atoms with Gasteiger partial charge in [0.25, 0.3) is 5.91 Å². The number of nitrogens with one attached hydrogen (secondary N) is 2. The molecule has 0 atom stereocenters. The summed E-state index contributed by atoms with van der Waals surface area (Å²) in [5.74, 6) is -0.304. The zero-order valence-corrected chi connectivity index (χ0v) is 12.3. The van der Waals surface area contributed by atoms with E-state index < -0.39 is 0 Å². The number of hydrogen-bond donors (Lipinski definition) is 2. The highest BCUT2D eigenvalue weighted by Gasteiger charge is 2.11. The third-order valence-corrected chi connectivity index (χ3v) is 3.55. The highest BCUT2D eigenvalue weighted by atomic mass is 19.1. The molecule has 118 valence electrons. The van der Waals surface area contributed by atoms with Crippen LogP contribution in [0.5, 0.6) is 0 Å². The monoisotopic (exact) mass is 322 g/mol. The molecule has 1 amide bonds. The average Bonchev–Trinajstić information content (AvgIpc) is 3.24. The molecule has 0 unspecified atom stereocenters. The van der Waals surface area contributed by atoms with Gasteiger partial charge in [-0.05, 0) is 42.5 Å².